The van der Waals surface area contributed by atoms with Crippen LogP contribution in [0.2, 0.25) is 0 Å². The van der Waals surface area contributed by atoms with Crippen molar-refractivity contribution in [3.63, 3.8) is 0 Å². The Morgan fingerprint density at radius 2 is 2.10 bits per heavy atom. The largest absolute Gasteiger partial charge is 0.270 e. The SMILES string of the molecule is Cc1ccc(C)c(S(=O)(=O)NCCn2cc(Br)cn2)c1. The number of benzene rings is 1. The first-order valence-electron chi connectivity index (χ1n) is 6.13. The minimum atomic E-state index is -3.48. The lowest BCUT2D eigenvalue weighted by Crippen LogP contribution is -2.28. The fourth-order valence-corrected chi connectivity index (χ4v) is 3.51. The van der Waals surface area contributed by atoms with Crippen LogP contribution in [0.5, 0.6) is 0 Å². The van der Waals surface area contributed by atoms with E-state index in [9.17, 15) is 8.42 Å². The van der Waals surface area contributed by atoms with Gasteiger partial charge in [0.05, 0.1) is 22.1 Å². The zero-order valence-electron chi connectivity index (χ0n) is 11.3. The standard InChI is InChI=1S/C13H16BrN3O2S/c1-10-3-4-11(2)13(7-10)20(18,19)16-5-6-17-9-12(14)8-15-17/h3-4,7-9,16H,5-6H2,1-2H3. The third-order valence-electron chi connectivity index (χ3n) is 2.87. The van der Waals surface area contributed by atoms with Crippen LogP contribution in [0.1, 0.15) is 11.1 Å². The van der Waals surface area contributed by atoms with Gasteiger partial charge < -0.3 is 0 Å². The second-order valence-corrected chi connectivity index (χ2v) is 7.24. The first-order chi connectivity index (χ1) is 9.38. The highest BCUT2D eigenvalue weighted by Gasteiger charge is 2.16. The third kappa shape index (κ3) is 3.68. The Morgan fingerprint density at radius 3 is 2.75 bits per heavy atom. The van der Waals surface area contributed by atoms with E-state index in [1.807, 2.05) is 19.1 Å². The Kier molecular flexibility index (Phi) is 4.62. The van der Waals surface area contributed by atoms with Crippen LogP contribution in [0.4, 0.5) is 0 Å². The van der Waals surface area contributed by atoms with Crippen LogP contribution in [0.15, 0.2) is 40.0 Å². The molecule has 108 valence electrons. The molecule has 1 aromatic carbocycles. The van der Waals surface area contributed by atoms with Gasteiger partial charge in [0.2, 0.25) is 10.0 Å². The molecule has 0 atom stereocenters. The molecule has 0 saturated heterocycles. The number of sulfonamides is 1. The smallest absolute Gasteiger partial charge is 0.240 e. The van der Waals surface area contributed by atoms with Gasteiger partial charge in [0.1, 0.15) is 0 Å². The molecule has 2 aromatic rings. The predicted molar refractivity (Wildman–Crippen MR) is 81.0 cm³/mol. The molecular formula is C13H16BrN3O2S. The van der Waals surface area contributed by atoms with Gasteiger partial charge in [-0.25, -0.2) is 13.1 Å². The first kappa shape index (κ1) is 15.2. The van der Waals surface area contributed by atoms with Crippen molar-refractivity contribution in [1.82, 2.24) is 14.5 Å². The second kappa shape index (κ2) is 6.07. The average molecular weight is 358 g/mol. The average Bonchev–Trinajstić information content (AvgIpc) is 2.78. The summed E-state index contributed by atoms with van der Waals surface area (Å²) in [5.41, 5.74) is 1.66. The lowest BCUT2D eigenvalue weighted by atomic mass is 10.2. The highest BCUT2D eigenvalue weighted by molar-refractivity contribution is 9.10. The molecular weight excluding hydrogens is 342 g/mol. The van der Waals surface area contributed by atoms with Crippen molar-refractivity contribution in [3.05, 3.63) is 46.2 Å². The fourth-order valence-electron chi connectivity index (χ4n) is 1.83. The molecule has 5 nitrogen and oxygen atoms in total. The predicted octanol–water partition coefficient (Wildman–Crippen LogP) is 2.24. The van der Waals surface area contributed by atoms with Crippen molar-refractivity contribution in [1.29, 1.82) is 0 Å². The van der Waals surface area contributed by atoms with E-state index in [0.29, 0.717) is 18.0 Å². The number of nitrogens with zero attached hydrogens (tertiary/aromatic N) is 2. The van der Waals surface area contributed by atoms with Crippen molar-refractivity contribution in [2.75, 3.05) is 6.54 Å². The molecule has 7 heteroatoms. The van der Waals surface area contributed by atoms with Crippen molar-refractivity contribution in [3.8, 4) is 0 Å². The van der Waals surface area contributed by atoms with Crippen molar-refractivity contribution < 1.29 is 8.42 Å². The summed E-state index contributed by atoms with van der Waals surface area (Å²) in [6.45, 7) is 4.44. The van der Waals surface area contributed by atoms with Crippen LogP contribution in [-0.2, 0) is 16.6 Å². The highest BCUT2D eigenvalue weighted by atomic mass is 79.9. The molecule has 0 aliphatic rings. The van der Waals surface area contributed by atoms with Crippen LogP contribution >= 0.6 is 15.9 Å². The number of nitrogens with one attached hydrogen (secondary N) is 1. The number of hydrogen-bond donors (Lipinski definition) is 1. The molecule has 0 bridgehead atoms. The second-order valence-electron chi connectivity index (χ2n) is 4.59. The summed E-state index contributed by atoms with van der Waals surface area (Å²) in [5, 5.41) is 4.07. The van der Waals surface area contributed by atoms with Crippen molar-refractivity contribution in [2.45, 2.75) is 25.3 Å². The summed E-state index contributed by atoms with van der Waals surface area (Å²) in [6, 6.07) is 5.40. The van der Waals surface area contributed by atoms with E-state index in [1.165, 1.54) is 0 Å². The van der Waals surface area contributed by atoms with E-state index in [0.717, 1.165) is 15.6 Å². The molecule has 0 unspecified atom stereocenters. The summed E-state index contributed by atoms with van der Waals surface area (Å²) in [4.78, 5) is 0.333. The van der Waals surface area contributed by atoms with Gasteiger partial charge in [-0.3, -0.25) is 4.68 Å². The number of rotatable bonds is 5. The maximum atomic E-state index is 12.3. The minimum Gasteiger partial charge on any atom is -0.270 e. The summed E-state index contributed by atoms with van der Waals surface area (Å²) < 4.78 is 29.6. The van der Waals surface area contributed by atoms with Crippen molar-refractivity contribution in [2.24, 2.45) is 0 Å². The molecule has 1 heterocycles. The highest BCUT2D eigenvalue weighted by Crippen LogP contribution is 2.16. The van der Waals surface area contributed by atoms with Gasteiger partial charge >= 0.3 is 0 Å². The topological polar surface area (TPSA) is 64.0 Å². The van der Waals surface area contributed by atoms with Gasteiger partial charge in [-0.2, -0.15) is 5.10 Å². The quantitative estimate of drug-likeness (QED) is 0.892. The van der Waals surface area contributed by atoms with E-state index in [4.69, 9.17) is 0 Å². The van der Waals surface area contributed by atoms with E-state index in [2.05, 4.69) is 25.8 Å². The monoisotopic (exact) mass is 357 g/mol. The summed E-state index contributed by atoms with van der Waals surface area (Å²) in [5.74, 6) is 0. The zero-order valence-corrected chi connectivity index (χ0v) is 13.7. The van der Waals surface area contributed by atoms with Gasteiger partial charge in [0, 0.05) is 12.7 Å². The van der Waals surface area contributed by atoms with Gasteiger partial charge in [-0.1, -0.05) is 12.1 Å². The summed E-state index contributed by atoms with van der Waals surface area (Å²) >= 11 is 3.30. The number of halogens is 1. The molecule has 0 amide bonds. The lowest BCUT2D eigenvalue weighted by molar-refractivity contribution is 0.560. The maximum Gasteiger partial charge on any atom is 0.240 e. The minimum absolute atomic E-state index is 0.295. The fraction of sp³-hybridized carbons (Fsp3) is 0.308. The van der Waals surface area contributed by atoms with Crippen molar-refractivity contribution >= 4 is 26.0 Å². The van der Waals surface area contributed by atoms with Gasteiger partial charge in [-0.05, 0) is 47.0 Å². The normalized spacial score (nSPS) is 11.8. The first-order valence-corrected chi connectivity index (χ1v) is 8.41. The Balaban J connectivity index is 2.06. The number of hydrogen-bond acceptors (Lipinski definition) is 3. The van der Waals surface area contributed by atoms with Crippen LogP contribution in [0.3, 0.4) is 0 Å². The molecule has 1 N–H and O–H groups in total. The van der Waals surface area contributed by atoms with E-state index in [-0.39, 0.29) is 0 Å². The van der Waals surface area contributed by atoms with Crippen LogP contribution in [0.25, 0.3) is 0 Å². The third-order valence-corrected chi connectivity index (χ3v) is 4.88. The number of aromatic nitrogens is 2. The van der Waals surface area contributed by atoms with Crippen LogP contribution in [-0.4, -0.2) is 24.7 Å². The molecule has 0 fully saturated rings. The van der Waals surface area contributed by atoms with Gasteiger partial charge in [0.25, 0.3) is 0 Å². The molecule has 20 heavy (non-hydrogen) atoms. The molecule has 0 aliphatic carbocycles. The van der Waals surface area contributed by atoms with Crippen LogP contribution in [0, 0.1) is 13.8 Å². The zero-order chi connectivity index (χ0) is 14.8. The summed E-state index contributed by atoms with van der Waals surface area (Å²) in [6.07, 6.45) is 3.46. The maximum absolute atomic E-state index is 12.3. The van der Waals surface area contributed by atoms with Gasteiger partial charge in [-0.15, -0.1) is 0 Å². The molecule has 0 saturated carbocycles. The molecule has 0 aliphatic heterocycles. The Morgan fingerprint density at radius 1 is 1.35 bits per heavy atom. The van der Waals surface area contributed by atoms with Gasteiger partial charge in [0.15, 0.2) is 0 Å². The number of aryl methyl sites for hydroxylation is 2. The van der Waals surface area contributed by atoms with E-state index in [1.54, 1.807) is 30.1 Å². The Labute approximate surface area is 127 Å². The molecule has 0 radical (unpaired) electrons. The van der Waals surface area contributed by atoms with E-state index >= 15 is 0 Å². The molecule has 0 spiro atoms. The summed E-state index contributed by atoms with van der Waals surface area (Å²) in [7, 11) is -3.48. The molecule has 1 aromatic heterocycles. The molecule has 2 rings (SSSR count). The Bertz CT molecular complexity index is 710. The Hall–Kier alpha value is -1.18. The van der Waals surface area contributed by atoms with E-state index < -0.39 is 10.0 Å². The van der Waals surface area contributed by atoms with Crippen LogP contribution < -0.4 is 4.72 Å². The lowest BCUT2D eigenvalue weighted by Gasteiger charge is -2.10.